The van der Waals surface area contributed by atoms with Crippen molar-refractivity contribution in [1.82, 2.24) is 4.90 Å². The van der Waals surface area contributed by atoms with Crippen LogP contribution in [0.4, 0.5) is 4.39 Å². The number of aliphatic carboxylic acids is 1. The standard InChI is InChI=1S/C15H20FNO2/c1-11-5-6-12(9-13(11)16)15(2,10-14(18)19)17-7-3-4-8-17/h5-6,9H,3-4,7-8,10H2,1-2H3,(H,18,19). The van der Waals surface area contributed by atoms with Gasteiger partial charge in [0.15, 0.2) is 0 Å². The number of carboxylic acids is 1. The molecular formula is C15H20FNO2. The van der Waals surface area contributed by atoms with Crippen LogP contribution in [0.2, 0.25) is 0 Å². The topological polar surface area (TPSA) is 40.5 Å². The molecule has 1 aliphatic rings. The number of benzene rings is 1. The highest BCUT2D eigenvalue weighted by Gasteiger charge is 2.37. The molecule has 1 fully saturated rings. The first-order chi connectivity index (χ1) is 8.93. The van der Waals surface area contributed by atoms with Crippen LogP contribution in [0, 0.1) is 12.7 Å². The van der Waals surface area contributed by atoms with Crippen molar-refractivity contribution in [1.29, 1.82) is 0 Å². The first-order valence-electron chi connectivity index (χ1n) is 6.67. The van der Waals surface area contributed by atoms with E-state index in [1.165, 1.54) is 6.07 Å². The van der Waals surface area contributed by atoms with Gasteiger partial charge in [0.2, 0.25) is 0 Å². The van der Waals surface area contributed by atoms with Gasteiger partial charge in [0.05, 0.1) is 12.0 Å². The summed E-state index contributed by atoms with van der Waals surface area (Å²) in [6.07, 6.45) is 2.14. The van der Waals surface area contributed by atoms with Gasteiger partial charge in [-0.25, -0.2) is 4.39 Å². The van der Waals surface area contributed by atoms with E-state index in [4.69, 9.17) is 0 Å². The fraction of sp³-hybridized carbons (Fsp3) is 0.533. The molecule has 104 valence electrons. The van der Waals surface area contributed by atoms with Crippen LogP contribution in [0.5, 0.6) is 0 Å². The summed E-state index contributed by atoms with van der Waals surface area (Å²) in [4.78, 5) is 13.3. The molecule has 1 aliphatic heterocycles. The van der Waals surface area contributed by atoms with Crippen molar-refractivity contribution in [3.63, 3.8) is 0 Å². The molecule has 1 heterocycles. The van der Waals surface area contributed by atoms with Gasteiger partial charge in [-0.15, -0.1) is 0 Å². The Hall–Kier alpha value is -1.42. The summed E-state index contributed by atoms with van der Waals surface area (Å²) < 4.78 is 13.8. The molecule has 1 saturated heterocycles. The number of nitrogens with zero attached hydrogens (tertiary/aromatic N) is 1. The number of aryl methyl sites for hydroxylation is 1. The van der Waals surface area contributed by atoms with Crippen molar-refractivity contribution >= 4 is 5.97 Å². The molecule has 0 aromatic heterocycles. The first kappa shape index (κ1) is 14.0. The van der Waals surface area contributed by atoms with Gasteiger partial charge in [-0.3, -0.25) is 9.69 Å². The summed E-state index contributed by atoms with van der Waals surface area (Å²) in [5.41, 5.74) is 0.708. The lowest BCUT2D eigenvalue weighted by Gasteiger charge is -2.38. The molecule has 1 atom stereocenters. The largest absolute Gasteiger partial charge is 0.481 e. The summed E-state index contributed by atoms with van der Waals surface area (Å²) in [7, 11) is 0. The smallest absolute Gasteiger partial charge is 0.305 e. The van der Waals surface area contributed by atoms with Crippen LogP contribution in [0.25, 0.3) is 0 Å². The highest BCUT2D eigenvalue weighted by atomic mass is 19.1. The van der Waals surface area contributed by atoms with E-state index in [2.05, 4.69) is 4.90 Å². The molecule has 1 N–H and O–H groups in total. The third-order valence-electron chi connectivity index (χ3n) is 4.09. The molecule has 0 spiro atoms. The van der Waals surface area contributed by atoms with Gasteiger partial charge >= 0.3 is 5.97 Å². The number of carbonyl (C=O) groups is 1. The highest BCUT2D eigenvalue weighted by Crippen LogP contribution is 2.35. The van der Waals surface area contributed by atoms with Crippen molar-refractivity contribution in [2.45, 2.75) is 38.6 Å². The molecule has 1 unspecified atom stereocenters. The Morgan fingerprint density at radius 2 is 2.05 bits per heavy atom. The van der Waals surface area contributed by atoms with Crippen molar-refractivity contribution in [3.8, 4) is 0 Å². The molecule has 0 radical (unpaired) electrons. The zero-order valence-corrected chi connectivity index (χ0v) is 11.4. The summed E-state index contributed by atoms with van der Waals surface area (Å²) in [6, 6.07) is 5.05. The van der Waals surface area contributed by atoms with E-state index in [1.54, 1.807) is 13.0 Å². The van der Waals surface area contributed by atoms with Crippen LogP contribution in [-0.2, 0) is 10.3 Å². The number of rotatable bonds is 4. The molecular weight excluding hydrogens is 245 g/mol. The lowest BCUT2D eigenvalue weighted by Crippen LogP contribution is -2.43. The van der Waals surface area contributed by atoms with Gasteiger partial charge < -0.3 is 5.11 Å². The van der Waals surface area contributed by atoms with E-state index in [0.717, 1.165) is 31.5 Å². The molecule has 0 amide bonds. The van der Waals surface area contributed by atoms with Crippen LogP contribution in [-0.4, -0.2) is 29.1 Å². The molecule has 4 heteroatoms. The highest BCUT2D eigenvalue weighted by molar-refractivity contribution is 5.69. The molecule has 1 aromatic carbocycles. The maximum absolute atomic E-state index is 13.8. The van der Waals surface area contributed by atoms with E-state index >= 15 is 0 Å². The van der Waals surface area contributed by atoms with Gasteiger partial charge in [-0.05, 0) is 57.0 Å². The molecule has 3 nitrogen and oxygen atoms in total. The number of carboxylic acid groups (broad SMARTS) is 1. The summed E-state index contributed by atoms with van der Waals surface area (Å²) in [5, 5.41) is 9.17. The number of halogens is 1. The second-order valence-corrected chi connectivity index (χ2v) is 5.50. The van der Waals surface area contributed by atoms with Gasteiger partial charge in [0, 0.05) is 0 Å². The van der Waals surface area contributed by atoms with Crippen LogP contribution >= 0.6 is 0 Å². The third-order valence-corrected chi connectivity index (χ3v) is 4.09. The quantitative estimate of drug-likeness (QED) is 0.910. The lowest BCUT2D eigenvalue weighted by molar-refractivity contribution is -0.140. The zero-order chi connectivity index (χ0) is 14.0. The first-order valence-corrected chi connectivity index (χ1v) is 6.67. The molecule has 1 aromatic rings. The monoisotopic (exact) mass is 265 g/mol. The van der Waals surface area contributed by atoms with Crippen molar-refractivity contribution in [2.75, 3.05) is 13.1 Å². The minimum Gasteiger partial charge on any atom is -0.481 e. The fourth-order valence-electron chi connectivity index (χ4n) is 2.83. The second kappa shape index (κ2) is 5.29. The number of hydrogen-bond acceptors (Lipinski definition) is 2. The molecule has 0 bridgehead atoms. The Labute approximate surface area is 113 Å². The Morgan fingerprint density at radius 3 is 2.58 bits per heavy atom. The van der Waals surface area contributed by atoms with E-state index in [-0.39, 0.29) is 12.2 Å². The Bertz CT molecular complexity index is 483. The van der Waals surface area contributed by atoms with Crippen molar-refractivity contribution < 1.29 is 14.3 Å². The Morgan fingerprint density at radius 1 is 1.42 bits per heavy atom. The van der Waals surface area contributed by atoms with E-state index in [0.29, 0.717) is 5.56 Å². The number of likely N-dealkylation sites (tertiary alicyclic amines) is 1. The Balaban J connectivity index is 2.40. The van der Waals surface area contributed by atoms with Crippen LogP contribution in [0.15, 0.2) is 18.2 Å². The van der Waals surface area contributed by atoms with Gasteiger partial charge in [-0.1, -0.05) is 12.1 Å². The summed E-state index contributed by atoms with van der Waals surface area (Å²) in [6.45, 7) is 5.36. The summed E-state index contributed by atoms with van der Waals surface area (Å²) in [5.74, 6) is -1.12. The van der Waals surface area contributed by atoms with Gasteiger partial charge in [-0.2, -0.15) is 0 Å². The minimum atomic E-state index is -0.851. The lowest BCUT2D eigenvalue weighted by atomic mass is 9.86. The fourth-order valence-corrected chi connectivity index (χ4v) is 2.83. The minimum absolute atomic E-state index is 0.00446. The molecule has 0 saturated carbocycles. The van der Waals surface area contributed by atoms with Crippen LogP contribution in [0.1, 0.15) is 37.3 Å². The van der Waals surface area contributed by atoms with Crippen LogP contribution < -0.4 is 0 Å². The normalized spacial score (nSPS) is 19.3. The summed E-state index contributed by atoms with van der Waals surface area (Å²) >= 11 is 0. The average Bonchev–Trinajstić information content (AvgIpc) is 2.85. The van der Waals surface area contributed by atoms with E-state index in [9.17, 15) is 14.3 Å². The molecule has 0 aliphatic carbocycles. The third kappa shape index (κ3) is 2.78. The zero-order valence-electron chi connectivity index (χ0n) is 11.4. The van der Waals surface area contributed by atoms with Crippen LogP contribution in [0.3, 0.4) is 0 Å². The molecule has 19 heavy (non-hydrogen) atoms. The SMILES string of the molecule is Cc1ccc(C(C)(CC(=O)O)N2CCCC2)cc1F. The maximum atomic E-state index is 13.8. The van der Waals surface area contributed by atoms with E-state index < -0.39 is 11.5 Å². The number of hydrogen-bond donors (Lipinski definition) is 1. The Kier molecular flexibility index (Phi) is 3.90. The predicted molar refractivity (Wildman–Crippen MR) is 71.5 cm³/mol. The van der Waals surface area contributed by atoms with Gasteiger partial charge in [0.1, 0.15) is 5.82 Å². The van der Waals surface area contributed by atoms with Gasteiger partial charge in [0.25, 0.3) is 0 Å². The van der Waals surface area contributed by atoms with Crippen molar-refractivity contribution in [2.24, 2.45) is 0 Å². The average molecular weight is 265 g/mol. The molecule has 2 rings (SSSR count). The van der Waals surface area contributed by atoms with Crippen molar-refractivity contribution in [3.05, 3.63) is 35.1 Å². The predicted octanol–water partition coefficient (Wildman–Crippen LogP) is 2.92. The van der Waals surface area contributed by atoms with E-state index in [1.807, 2.05) is 13.0 Å². The second-order valence-electron chi connectivity index (χ2n) is 5.50. The maximum Gasteiger partial charge on any atom is 0.305 e.